The Labute approximate surface area is 115 Å². The second kappa shape index (κ2) is 6.28. The van der Waals surface area contributed by atoms with E-state index in [0.29, 0.717) is 18.9 Å². The summed E-state index contributed by atoms with van der Waals surface area (Å²) in [6.07, 6.45) is 0.548. The van der Waals surface area contributed by atoms with E-state index in [-0.39, 0.29) is 5.56 Å². The lowest BCUT2D eigenvalue weighted by Crippen LogP contribution is -2.47. The van der Waals surface area contributed by atoms with E-state index in [2.05, 4.69) is 5.32 Å². The fourth-order valence-electron chi connectivity index (χ4n) is 2.42. The predicted molar refractivity (Wildman–Crippen MR) is 68.1 cm³/mol. The first kappa shape index (κ1) is 14.9. The van der Waals surface area contributed by atoms with Gasteiger partial charge in [0.2, 0.25) is 0 Å². The Bertz CT molecular complexity index is 475. The van der Waals surface area contributed by atoms with Gasteiger partial charge in [0.05, 0.1) is 18.2 Å². The third kappa shape index (κ3) is 3.52. The normalized spacial score (nSPS) is 26.9. The SMILES string of the molecule is O=C(N[C@@H]1CCCC[C@@H](O)[C@@H]1O)c1cc(F)cc(F)c1. The molecule has 1 aliphatic rings. The number of hydrogen-bond acceptors (Lipinski definition) is 3. The zero-order valence-corrected chi connectivity index (χ0v) is 10.9. The van der Waals surface area contributed by atoms with Gasteiger partial charge in [-0.2, -0.15) is 0 Å². The second-order valence-electron chi connectivity index (χ2n) is 5.08. The Hall–Kier alpha value is -1.53. The number of amides is 1. The quantitative estimate of drug-likeness (QED) is 0.719. The molecule has 4 nitrogen and oxygen atoms in total. The second-order valence-corrected chi connectivity index (χ2v) is 5.08. The number of rotatable bonds is 2. The zero-order valence-electron chi connectivity index (χ0n) is 10.9. The number of carbonyl (C=O) groups excluding carboxylic acids is 1. The molecular formula is C14H17F2NO3. The molecule has 0 spiro atoms. The molecule has 2 rings (SSSR count). The third-order valence-electron chi connectivity index (χ3n) is 3.51. The first-order valence-electron chi connectivity index (χ1n) is 6.60. The smallest absolute Gasteiger partial charge is 0.251 e. The summed E-state index contributed by atoms with van der Waals surface area (Å²) in [5.41, 5.74) is -0.145. The molecule has 20 heavy (non-hydrogen) atoms. The van der Waals surface area contributed by atoms with Gasteiger partial charge < -0.3 is 15.5 Å². The Balaban J connectivity index is 2.09. The van der Waals surface area contributed by atoms with E-state index in [4.69, 9.17) is 0 Å². The number of halogens is 2. The molecule has 1 saturated carbocycles. The van der Waals surface area contributed by atoms with Crippen molar-refractivity contribution in [3.63, 3.8) is 0 Å². The molecule has 3 N–H and O–H groups in total. The van der Waals surface area contributed by atoms with Crippen LogP contribution < -0.4 is 5.32 Å². The fourth-order valence-corrected chi connectivity index (χ4v) is 2.42. The summed E-state index contributed by atoms with van der Waals surface area (Å²) in [7, 11) is 0. The molecule has 0 bridgehead atoms. The van der Waals surface area contributed by atoms with Gasteiger partial charge in [0.15, 0.2) is 0 Å². The summed E-state index contributed by atoms with van der Waals surface area (Å²) in [4.78, 5) is 11.9. The molecule has 6 heteroatoms. The Morgan fingerprint density at radius 2 is 1.70 bits per heavy atom. The molecular weight excluding hydrogens is 268 g/mol. The highest BCUT2D eigenvalue weighted by atomic mass is 19.1. The summed E-state index contributed by atoms with van der Waals surface area (Å²) in [6, 6.07) is 1.92. The third-order valence-corrected chi connectivity index (χ3v) is 3.51. The zero-order chi connectivity index (χ0) is 14.7. The Morgan fingerprint density at radius 3 is 2.35 bits per heavy atom. The standard InChI is InChI=1S/C14H17F2NO3/c15-9-5-8(6-10(16)7-9)14(20)17-11-3-1-2-4-12(18)13(11)19/h5-7,11-13,18-19H,1-4H2,(H,17,20)/t11-,12-,13-/m1/s1. The summed E-state index contributed by atoms with van der Waals surface area (Å²) in [5, 5.41) is 22.1. The van der Waals surface area contributed by atoms with Crippen molar-refractivity contribution in [1.82, 2.24) is 5.32 Å². The van der Waals surface area contributed by atoms with E-state index in [1.807, 2.05) is 0 Å². The van der Waals surface area contributed by atoms with Gasteiger partial charge in [-0.05, 0) is 25.0 Å². The van der Waals surface area contributed by atoms with E-state index in [1.165, 1.54) is 0 Å². The van der Waals surface area contributed by atoms with Gasteiger partial charge in [-0.3, -0.25) is 4.79 Å². The van der Waals surface area contributed by atoms with E-state index in [1.54, 1.807) is 0 Å². The molecule has 110 valence electrons. The van der Waals surface area contributed by atoms with Crippen LogP contribution in [-0.2, 0) is 0 Å². The summed E-state index contributed by atoms with van der Waals surface area (Å²) >= 11 is 0. The van der Waals surface area contributed by atoms with Gasteiger partial charge in [0.25, 0.3) is 5.91 Å². The molecule has 3 atom stereocenters. The number of hydrogen-bond donors (Lipinski definition) is 3. The van der Waals surface area contributed by atoms with Gasteiger partial charge in [0.1, 0.15) is 11.6 Å². The van der Waals surface area contributed by atoms with Crippen LogP contribution >= 0.6 is 0 Å². The van der Waals surface area contributed by atoms with Crippen LogP contribution in [0.3, 0.4) is 0 Å². The van der Waals surface area contributed by atoms with Crippen molar-refractivity contribution in [3.05, 3.63) is 35.4 Å². The van der Waals surface area contributed by atoms with E-state index >= 15 is 0 Å². The van der Waals surface area contributed by atoms with Crippen LogP contribution in [-0.4, -0.2) is 34.4 Å². The number of nitrogens with one attached hydrogen (secondary N) is 1. The highest BCUT2D eigenvalue weighted by Crippen LogP contribution is 2.19. The average molecular weight is 285 g/mol. The van der Waals surface area contributed by atoms with Crippen molar-refractivity contribution in [2.24, 2.45) is 0 Å². The minimum atomic E-state index is -1.07. The van der Waals surface area contributed by atoms with Crippen molar-refractivity contribution in [3.8, 4) is 0 Å². The van der Waals surface area contributed by atoms with Crippen LogP contribution in [0.1, 0.15) is 36.0 Å². The van der Waals surface area contributed by atoms with Gasteiger partial charge in [-0.1, -0.05) is 12.8 Å². The predicted octanol–water partition coefficient (Wildman–Crippen LogP) is 1.36. The van der Waals surface area contributed by atoms with Crippen molar-refractivity contribution in [1.29, 1.82) is 0 Å². The molecule has 0 unspecified atom stereocenters. The lowest BCUT2D eigenvalue weighted by atomic mass is 10.0. The number of aliphatic hydroxyl groups excluding tert-OH is 2. The molecule has 1 fully saturated rings. The van der Waals surface area contributed by atoms with Crippen LogP contribution in [0.15, 0.2) is 18.2 Å². The van der Waals surface area contributed by atoms with Gasteiger partial charge in [0, 0.05) is 11.6 Å². The van der Waals surface area contributed by atoms with Crippen LogP contribution in [0.25, 0.3) is 0 Å². The largest absolute Gasteiger partial charge is 0.390 e. The van der Waals surface area contributed by atoms with Crippen molar-refractivity contribution in [2.45, 2.75) is 43.9 Å². The van der Waals surface area contributed by atoms with E-state index in [9.17, 15) is 23.8 Å². The fraction of sp³-hybridized carbons (Fsp3) is 0.500. The monoisotopic (exact) mass is 285 g/mol. The number of aliphatic hydroxyl groups is 2. The molecule has 1 aromatic rings. The van der Waals surface area contributed by atoms with Crippen LogP contribution in [0.4, 0.5) is 8.78 Å². The van der Waals surface area contributed by atoms with Gasteiger partial charge in [-0.25, -0.2) is 8.78 Å². The lowest BCUT2D eigenvalue weighted by molar-refractivity contribution is -0.00125. The van der Waals surface area contributed by atoms with E-state index in [0.717, 1.165) is 25.0 Å². The molecule has 1 aromatic carbocycles. The van der Waals surface area contributed by atoms with Gasteiger partial charge >= 0.3 is 0 Å². The van der Waals surface area contributed by atoms with Crippen molar-refractivity contribution < 1.29 is 23.8 Å². The first-order chi connectivity index (χ1) is 9.47. The minimum Gasteiger partial charge on any atom is -0.390 e. The molecule has 0 heterocycles. The summed E-state index contributed by atoms with van der Waals surface area (Å²) in [6.45, 7) is 0. The molecule has 0 radical (unpaired) electrons. The highest BCUT2D eigenvalue weighted by molar-refractivity contribution is 5.94. The minimum absolute atomic E-state index is 0.145. The molecule has 0 aromatic heterocycles. The molecule has 1 amide bonds. The summed E-state index contributed by atoms with van der Waals surface area (Å²) < 4.78 is 26.1. The lowest BCUT2D eigenvalue weighted by Gasteiger charge is -2.24. The number of benzene rings is 1. The Morgan fingerprint density at radius 1 is 1.10 bits per heavy atom. The van der Waals surface area contributed by atoms with Crippen molar-refractivity contribution in [2.75, 3.05) is 0 Å². The first-order valence-corrected chi connectivity index (χ1v) is 6.60. The molecule has 0 saturated heterocycles. The Kier molecular flexibility index (Phi) is 4.67. The summed E-state index contributed by atoms with van der Waals surface area (Å²) in [5.74, 6) is -2.34. The van der Waals surface area contributed by atoms with Crippen LogP contribution in [0, 0.1) is 11.6 Å². The number of carbonyl (C=O) groups is 1. The molecule has 1 aliphatic carbocycles. The maximum Gasteiger partial charge on any atom is 0.251 e. The van der Waals surface area contributed by atoms with Gasteiger partial charge in [-0.15, -0.1) is 0 Å². The average Bonchev–Trinajstić information content (AvgIpc) is 2.53. The van der Waals surface area contributed by atoms with Crippen LogP contribution in [0.2, 0.25) is 0 Å². The van der Waals surface area contributed by atoms with E-state index < -0.39 is 35.8 Å². The van der Waals surface area contributed by atoms with Crippen molar-refractivity contribution >= 4 is 5.91 Å². The maximum absolute atomic E-state index is 13.1. The maximum atomic E-state index is 13.1. The topological polar surface area (TPSA) is 69.6 Å². The molecule has 0 aliphatic heterocycles. The highest BCUT2D eigenvalue weighted by Gasteiger charge is 2.30. The van der Waals surface area contributed by atoms with Crippen LogP contribution in [0.5, 0.6) is 0 Å².